The van der Waals surface area contributed by atoms with E-state index in [2.05, 4.69) is 0 Å². The summed E-state index contributed by atoms with van der Waals surface area (Å²) in [4.78, 5) is 24.8. The molecule has 0 amide bonds. The molecule has 0 saturated carbocycles. The SMILES string of the molecule is Cc1cc(OC(=O)C(C)C)cc2c1C(=O)/C(=C/c1cn(C)c3ccccc13)O2. The number of benzene rings is 2. The van der Waals surface area contributed by atoms with Gasteiger partial charge in [0.05, 0.1) is 11.5 Å². The standard InChI is InChI=1S/C23H21NO4/c1-13(2)23(26)27-16-9-14(3)21-19(11-16)28-20(22(21)25)10-15-12-24(4)18-8-6-5-7-17(15)18/h5-13H,1-4H3/b20-10-. The molecule has 0 saturated heterocycles. The van der Waals surface area contributed by atoms with Gasteiger partial charge in [0, 0.05) is 35.8 Å². The number of carbonyl (C=O) groups excluding carboxylic acids is 2. The van der Waals surface area contributed by atoms with Gasteiger partial charge in [-0.05, 0) is 30.7 Å². The van der Waals surface area contributed by atoms with Gasteiger partial charge in [-0.2, -0.15) is 0 Å². The van der Waals surface area contributed by atoms with Gasteiger partial charge in [-0.25, -0.2) is 0 Å². The first-order valence-electron chi connectivity index (χ1n) is 9.20. The van der Waals surface area contributed by atoms with E-state index in [1.807, 2.05) is 49.0 Å². The monoisotopic (exact) mass is 375 g/mol. The first-order chi connectivity index (χ1) is 13.3. The number of aryl methyl sites for hydroxylation is 2. The van der Waals surface area contributed by atoms with Crippen molar-refractivity contribution in [2.45, 2.75) is 20.8 Å². The van der Waals surface area contributed by atoms with E-state index in [9.17, 15) is 9.59 Å². The summed E-state index contributed by atoms with van der Waals surface area (Å²) < 4.78 is 13.3. The van der Waals surface area contributed by atoms with Crippen molar-refractivity contribution in [3.63, 3.8) is 0 Å². The Hall–Kier alpha value is -3.34. The summed E-state index contributed by atoms with van der Waals surface area (Å²) in [5.41, 5.74) is 3.22. The smallest absolute Gasteiger partial charge is 0.313 e. The minimum Gasteiger partial charge on any atom is -0.452 e. The first kappa shape index (κ1) is 18.0. The number of carbonyl (C=O) groups is 2. The molecule has 2 aromatic carbocycles. The fraction of sp³-hybridized carbons (Fsp3) is 0.217. The lowest BCUT2D eigenvalue weighted by Crippen LogP contribution is -2.14. The molecule has 5 nitrogen and oxygen atoms in total. The van der Waals surface area contributed by atoms with Crippen LogP contribution in [-0.2, 0) is 11.8 Å². The van der Waals surface area contributed by atoms with Crippen molar-refractivity contribution in [3.05, 3.63) is 65.0 Å². The van der Waals surface area contributed by atoms with Crippen LogP contribution in [0.15, 0.2) is 48.4 Å². The predicted octanol–water partition coefficient (Wildman–Crippen LogP) is 4.66. The van der Waals surface area contributed by atoms with Crippen LogP contribution in [0.25, 0.3) is 17.0 Å². The lowest BCUT2D eigenvalue weighted by atomic mass is 10.0. The molecule has 0 aliphatic carbocycles. The predicted molar refractivity (Wildman–Crippen MR) is 108 cm³/mol. The van der Waals surface area contributed by atoms with Crippen LogP contribution in [0.1, 0.15) is 35.3 Å². The fourth-order valence-corrected chi connectivity index (χ4v) is 3.40. The average molecular weight is 375 g/mol. The third kappa shape index (κ3) is 2.99. The molecule has 1 aromatic heterocycles. The van der Waals surface area contributed by atoms with Crippen molar-refractivity contribution in [2.24, 2.45) is 13.0 Å². The fourth-order valence-electron chi connectivity index (χ4n) is 3.40. The molecule has 1 aliphatic heterocycles. The Labute approximate surface area is 163 Å². The number of fused-ring (bicyclic) bond motifs is 2. The zero-order valence-corrected chi connectivity index (χ0v) is 16.3. The zero-order valence-electron chi connectivity index (χ0n) is 16.3. The number of hydrogen-bond donors (Lipinski definition) is 0. The highest BCUT2D eigenvalue weighted by molar-refractivity contribution is 6.16. The molecule has 0 spiro atoms. The Morgan fingerprint density at radius 2 is 1.96 bits per heavy atom. The van der Waals surface area contributed by atoms with Crippen molar-refractivity contribution in [1.82, 2.24) is 4.57 Å². The van der Waals surface area contributed by atoms with E-state index in [-0.39, 0.29) is 23.4 Å². The Balaban J connectivity index is 1.71. The van der Waals surface area contributed by atoms with Crippen LogP contribution in [0, 0.1) is 12.8 Å². The summed E-state index contributed by atoms with van der Waals surface area (Å²) >= 11 is 0. The maximum atomic E-state index is 12.9. The Bertz CT molecular complexity index is 1150. The summed E-state index contributed by atoms with van der Waals surface area (Å²) in [5, 5.41) is 1.05. The molecule has 3 aromatic rings. The maximum Gasteiger partial charge on any atom is 0.313 e. The third-order valence-electron chi connectivity index (χ3n) is 4.85. The molecule has 142 valence electrons. The van der Waals surface area contributed by atoms with Crippen LogP contribution >= 0.6 is 0 Å². The van der Waals surface area contributed by atoms with Gasteiger partial charge in [-0.15, -0.1) is 0 Å². The number of para-hydroxylation sites is 1. The van der Waals surface area contributed by atoms with Gasteiger partial charge < -0.3 is 14.0 Å². The van der Waals surface area contributed by atoms with Crippen LogP contribution < -0.4 is 9.47 Å². The highest BCUT2D eigenvalue weighted by Crippen LogP contribution is 2.38. The molecule has 0 radical (unpaired) electrons. The summed E-state index contributed by atoms with van der Waals surface area (Å²) in [6, 6.07) is 11.3. The average Bonchev–Trinajstić information content (AvgIpc) is 3.13. The van der Waals surface area contributed by atoms with Crippen molar-refractivity contribution in [1.29, 1.82) is 0 Å². The van der Waals surface area contributed by atoms with Crippen molar-refractivity contribution in [3.8, 4) is 11.5 Å². The van der Waals surface area contributed by atoms with E-state index in [4.69, 9.17) is 9.47 Å². The number of allylic oxidation sites excluding steroid dienone is 1. The molecule has 4 rings (SSSR count). The second kappa shape index (κ2) is 6.68. The van der Waals surface area contributed by atoms with Gasteiger partial charge in [-0.3, -0.25) is 9.59 Å². The topological polar surface area (TPSA) is 57.5 Å². The summed E-state index contributed by atoms with van der Waals surface area (Å²) in [7, 11) is 1.97. The summed E-state index contributed by atoms with van der Waals surface area (Å²) in [5.74, 6) is 0.342. The minimum absolute atomic E-state index is 0.165. The zero-order chi connectivity index (χ0) is 20.0. The number of nitrogens with zero attached hydrogens (tertiary/aromatic N) is 1. The molecule has 2 heterocycles. The van der Waals surface area contributed by atoms with Gasteiger partial charge in [0.25, 0.3) is 0 Å². The number of ketones is 1. The van der Waals surface area contributed by atoms with E-state index in [1.54, 1.807) is 32.1 Å². The van der Waals surface area contributed by atoms with Gasteiger partial charge >= 0.3 is 5.97 Å². The van der Waals surface area contributed by atoms with Crippen LogP contribution in [0.2, 0.25) is 0 Å². The second-order valence-corrected chi connectivity index (χ2v) is 7.34. The Kier molecular flexibility index (Phi) is 4.30. The molecule has 0 bridgehead atoms. The largest absolute Gasteiger partial charge is 0.452 e. The number of aromatic nitrogens is 1. The van der Waals surface area contributed by atoms with E-state index in [1.165, 1.54) is 0 Å². The molecule has 0 unspecified atom stereocenters. The van der Waals surface area contributed by atoms with Crippen molar-refractivity contribution in [2.75, 3.05) is 0 Å². The van der Waals surface area contributed by atoms with Crippen molar-refractivity contribution >= 4 is 28.7 Å². The molecule has 0 fully saturated rings. The molecule has 0 N–H and O–H groups in total. The summed E-state index contributed by atoms with van der Waals surface area (Å²) in [6.07, 6.45) is 3.74. The van der Waals surface area contributed by atoms with E-state index < -0.39 is 0 Å². The molecule has 5 heteroatoms. The van der Waals surface area contributed by atoms with Crippen LogP contribution in [0.3, 0.4) is 0 Å². The molecular weight excluding hydrogens is 354 g/mol. The molecule has 1 aliphatic rings. The lowest BCUT2D eigenvalue weighted by molar-refractivity contribution is -0.137. The quantitative estimate of drug-likeness (QED) is 0.379. The van der Waals surface area contributed by atoms with Gasteiger partial charge in [0.15, 0.2) is 5.76 Å². The van der Waals surface area contributed by atoms with E-state index in [0.29, 0.717) is 17.1 Å². The highest BCUT2D eigenvalue weighted by Gasteiger charge is 2.30. The van der Waals surface area contributed by atoms with E-state index in [0.717, 1.165) is 22.0 Å². The van der Waals surface area contributed by atoms with Gasteiger partial charge in [0.1, 0.15) is 11.5 Å². The normalized spacial score (nSPS) is 14.6. The highest BCUT2D eigenvalue weighted by atomic mass is 16.5. The number of hydrogen-bond acceptors (Lipinski definition) is 4. The maximum absolute atomic E-state index is 12.9. The second-order valence-electron chi connectivity index (χ2n) is 7.34. The number of rotatable bonds is 3. The molecular formula is C23H21NO4. The van der Waals surface area contributed by atoms with Gasteiger partial charge in [-0.1, -0.05) is 32.0 Å². The third-order valence-corrected chi connectivity index (χ3v) is 4.85. The number of Topliss-reactive ketones (excluding diaryl/α,β-unsaturated/α-hetero) is 1. The molecule has 28 heavy (non-hydrogen) atoms. The van der Waals surface area contributed by atoms with Crippen LogP contribution in [0.5, 0.6) is 11.5 Å². The van der Waals surface area contributed by atoms with Crippen LogP contribution in [-0.4, -0.2) is 16.3 Å². The Morgan fingerprint density at radius 1 is 1.21 bits per heavy atom. The van der Waals surface area contributed by atoms with Crippen LogP contribution in [0.4, 0.5) is 0 Å². The summed E-state index contributed by atoms with van der Waals surface area (Å²) in [6.45, 7) is 5.36. The number of ether oxygens (including phenoxy) is 2. The van der Waals surface area contributed by atoms with E-state index >= 15 is 0 Å². The first-order valence-corrected chi connectivity index (χ1v) is 9.20. The lowest BCUT2D eigenvalue weighted by Gasteiger charge is -2.09. The molecule has 0 atom stereocenters. The number of esters is 1. The Morgan fingerprint density at radius 3 is 2.71 bits per heavy atom. The minimum atomic E-state index is -0.324. The van der Waals surface area contributed by atoms with Gasteiger partial charge in [0.2, 0.25) is 5.78 Å². The van der Waals surface area contributed by atoms with Crippen molar-refractivity contribution < 1.29 is 19.1 Å².